The third kappa shape index (κ3) is 2.13. The molecule has 0 aliphatic rings. The highest BCUT2D eigenvalue weighted by Gasteiger charge is 2.00. The van der Waals surface area contributed by atoms with Gasteiger partial charge in [0.05, 0.1) is 5.52 Å². The topological polar surface area (TPSA) is 37.9 Å². The molecule has 83 valence electrons. The molecule has 0 aliphatic carbocycles. The first-order valence-corrected chi connectivity index (χ1v) is 5.44. The van der Waals surface area contributed by atoms with Crippen molar-refractivity contribution in [2.75, 3.05) is 0 Å². The minimum atomic E-state index is 0.525. The van der Waals surface area contributed by atoms with Gasteiger partial charge in [-0.25, -0.2) is 4.98 Å². The Bertz CT molecular complexity index is 616. The molecule has 0 fully saturated rings. The van der Waals surface area contributed by atoms with Crippen LogP contribution in [0.15, 0.2) is 48.7 Å². The Morgan fingerprint density at radius 3 is 2.94 bits per heavy atom. The third-order valence-corrected chi connectivity index (χ3v) is 2.57. The molecule has 3 nitrogen and oxygen atoms in total. The van der Waals surface area contributed by atoms with E-state index in [2.05, 4.69) is 16.2 Å². The number of fused-ring (bicyclic) bond motifs is 1. The summed E-state index contributed by atoms with van der Waals surface area (Å²) < 4.78 is 5.61. The minimum Gasteiger partial charge on any atom is -0.473 e. The maximum Gasteiger partial charge on any atom is 0.214 e. The molecule has 0 amide bonds. The molecular formula is C14H11N2O. The molecule has 0 unspecified atom stereocenters. The van der Waals surface area contributed by atoms with Crippen LogP contribution in [0.25, 0.3) is 10.9 Å². The van der Waals surface area contributed by atoms with Gasteiger partial charge in [-0.3, -0.25) is 0 Å². The molecule has 0 bridgehead atoms. The first kappa shape index (κ1) is 9.90. The van der Waals surface area contributed by atoms with E-state index in [4.69, 9.17) is 4.74 Å². The highest BCUT2D eigenvalue weighted by molar-refractivity contribution is 5.78. The van der Waals surface area contributed by atoms with Crippen LogP contribution in [0.1, 0.15) is 5.56 Å². The van der Waals surface area contributed by atoms with Crippen LogP contribution in [0.5, 0.6) is 5.88 Å². The van der Waals surface area contributed by atoms with E-state index in [-0.39, 0.29) is 0 Å². The summed E-state index contributed by atoms with van der Waals surface area (Å²) in [5.41, 5.74) is 2.03. The van der Waals surface area contributed by atoms with E-state index in [1.165, 1.54) is 0 Å². The predicted molar refractivity (Wildman–Crippen MR) is 65.7 cm³/mol. The van der Waals surface area contributed by atoms with Gasteiger partial charge in [0.25, 0.3) is 0 Å². The van der Waals surface area contributed by atoms with Crippen molar-refractivity contribution in [3.05, 3.63) is 60.4 Å². The molecule has 3 rings (SSSR count). The Morgan fingerprint density at radius 2 is 2.06 bits per heavy atom. The lowest BCUT2D eigenvalue weighted by Gasteiger charge is -2.04. The largest absolute Gasteiger partial charge is 0.473 e. The zero-order valence-electron chi connectivity index (χ0n) is 9.18. The zero-order valence-corrected chi connectivity index (χ0v) is 9.18. The van der Waals surface area contributed by atoms with E-state index in [1.54, 1.807) is 0 Å². The minimum absolute atomic E-state index is 0.525. The fourth-order valence-electron chi connectivity index (χ4n) is 1.68. The van der Waals surface area contributed by atoms with Gasteiger partial charge in [-0.1, -0.05) is 30.3 Å². The third-order valence-electron chi connectivity index (χ3n) is 2.57. The van der Waals surface area contributed by atoms with Crippen molar-refractivity contribution in [2.24, 2.45) is 0 Å². The summed E-state index contributed by atoms with van der Waals surface area (Å²) in [6.07, 6.45) is 4.77. The number of aromatic nitrogens is 2. The van der Waals surface area contributed by atoms with Crippen LogP contribution in [0.4, 0.5) is 0 Å². The van der Waals surface area contributed by atoms with Crippen molar-refractivity contribution in [2.45, 2.75) is 6.61 Å². The number of ether oxygens (including phenoxy) is 1. The number of pyridine rings is 1. The average Bonchev–Trinajstić information content (AvgIpc) is 2.85. The van der Waals surface area contributed by atoms with Crippen molar-refractivity contribution < 1.29 is 4.74 Å². The summed E-state index contributed by atoms with van der Waals surface area (Å²) in [6, 6.07) is 13.9. The van der Waals surface area contributed by atoms with Crippen LogP contribution in [0, 0.1) is 6.20 Å². The van der Waals surface area contributed by atoms with Gasteiger partial charge in [0.1, 0.15) is 12.8 Å². The number of hydrogen-bond acceptors (Lipinski definition) is 2. The standard InChI is InChI=1S/C14H11N2O/c1-2-4-11(5-3-1)10-17-14-8-12-6-7-15-13(12)9-16-14/h1-8,15H,10H2. The van der Waals surface area contributed by atoms with E-state index >= 15 is 0 Å². The predicted octanol–water partition coefficient (Wildman–Crippen LogP) is 2.94. The van der Waals surface area contributed by atoms with Crippen LogP contribution in [0.3, 0.4) is 0 Å². The molecule has 0 saturated heterocycles. The van der Waals surface area contributed by atoms with Gasteiger partial charge in [-0.15, -0.1) is 0 Å². The van der Waals surface area contributed by atoms with Gasteiger partial charge in [0.2, 0.25) is 5.88 Å². The number of hydrogen-bond donors (Lipinski definition) is 1. The SMILES string of the molecule is [c]1nc(OCc2ccccc2)cc2cc[nH]c12. The van der Waals surface area contributed by atoms with Crippen molar-refractivity contribution in [3.8, 4) is 5.88 Å². The van der Waals surface area contributed by atoms with Crippen LogP contribution in [-0.2, 0) is 6.61 Å². The van der Waals surface area contributed by atoms with Gasteiger partial charge < -0.3 is 9.72 Å². The Balaban J connectivity index is 1.76. The molecule has 17 heavy (non-hydrogen) atoms. The molecule has 1 N–H and O–H groups in total. The Kier molecular flexibility index (Phi) is 2.50. The van der Waals surface area contributed by atoms with Crippen LogP contribution in [0.2, 0.25) is 0 Å². The van der Waals surface area contributed by atoms with Crippen molar-refractivity contribution in [1.29, 1.82) is 0 Å². The molecule has 2 heterocycles. The van der Waals surface area contributed by atoms with E-state index in [1.807, 2.05) is 48.7 Å². The second-order valence-corrected chi connectivity index (χ2v) is 3.79. The zero-order chi connectivity index (χ0) is 11.5. The second-order valence-electron chi connectivity index (χ2n) is 3.79. The lowest BCUT2D eigenvalue weighted by Crippen LogP contribution is -1.96. The molecule has 0 spiro atoms. The Morgan fingerprint density at radius 1 is 1.18 bits per heavy atom. The molecule has 1 radical (unpaired) electrons. The monoisotopic (exact) mass is 223 g/mol. The molecule has 2 aromatic heterocycles. The van der Waals surface area contributed by atoms with Crippen LogP contribution >= 0.6 is 0 Å². The van der Waals surface area contributed by atoms with Crippen LogP contribution in [-0.4, -0.2) is 9.97 Å². The Labute approximate surface area is 99.1 Å². The van der Waals surface area contributed by atoms with Gasteiger partial charge in [0, 0.05) is 17.6 Å². The normalized spacial score (nSPS) is 10.6. The van der Waals surface area contributed by atoms with Gasteiger partial charge in [-0.2, -0.15) is 0 Å². The summed E-state index contributed by atoms with van der Waals surface area (Å²) in [7, 11) is 0. The number of aromatic amines is 1. The van der Waals surface area contributed by atoms with Gasteiger partial charge in [0.15, 0.2) is 0 Å². The quantitative estimate of drug-likeness (QED) is 0.741. The van der Waals surface area contributed by atoms with E-state index in [0.29, 0.717) is 12.5 Å². The second kappa shape index (κ2) is 4.29. The molecule has 0 saturated carbocycles. The summed E-state index contributed by atoms with van der Waals surface area (Å²) in [5.74, 6) is 0.598. The highest BCUT2D eigenvalue weighted by atomic mass is 16.5. The number of nitrogens with one attached hydrogen (secondary N) is 1. The summed E-state index contributed by atoms with van der Waals surface area (Å²) in [4.78, 5) is 7.16. The first-order chi connectivity index (χ1) is 8.42. The average molecular weight is 223 g/mol. The number of rotatable bonds is 3. The number of nitrogens with zero attached hydrogens (tertiary/aromatic N) is 1. The Hall–Kier alpha value is -2.29. The lowest BCUT2D eigenvalue weighted by atomic mass is 10.2. The molecule has 0 aliphatic heterocycles. The lowest BCUT2D eigenvalue weighted by molar-refractivity contribution is 0.294. The summed E-state index contributed by atoms with van der Waals surface area (Å²) in [6.45, 7) is 0.525. The van der Waals surface area contributed by atoms with E-state index in [9.17, 15) is 0 Å². The fraction of sp³-hybridized carbons (Fsp3) is 0.0714. The first-order valence-electron chi connectivity index (χ1n) is 5.44. The molecule has 3 heteroatoms. The maximum atomic E-state index is 5.61. The molecule has 3 aromatic rings. The van der Waals surface area contributed by atoms with Crippen molar-refractivity contribution >= 4 is 10.9 Å². The smallest absolute Gasteiger partial charge is 0.214 e. The van der Waals surface area contributed by atoms with Crippen molar-refractivity contribution in [3.63, 3.8) is 0 Å². The maximum absolute atomic E-state index is 5.61. The molecular weight excluding hydrogens is 212 g/mol. The van der Waals surface area contributed by atoms with Gasteiger partial charge >= 0.3 is 0 Å². The van der Waals surface area contributed by atoms with Crippen LogP contribution < -0.4 is 4.74 Å². The van der Waals surface area contributed by atoms with E-state index < -0.39 is 0 Å². The van der Waals surface area contributed by atoms with Crippen molar-refractivity contribution in [1.82, 2.24) is 9.97 Å². The number of H-pyrrole nitrogens is 1. The molecule has 0 atom stereocenters. The summed E-state index contributed by atoms with van der Waals surface area (Å²) >= 11 is 0. The van der Waals surface area contributed by atoms with Gasteiger partial charge in [-0.05, 0) is 11.6 Å². The fourth-order valence-corrected chi connectivity index (χ4v) is 1.68. The number of benzene rings is 1. The molecule has 1 aromatic carbocycles. The highest BCUT2D eigenvalue weighted by Crippen LogP contribution is 2.16. The van der Waals surface area contributed by atoms with E-state index in [0.717, 1.165) is 16.5 Å². The summed E-state index contributed by atoms with van der Waals surface area (Å²) in [5, 5.41) is 1.06.